The summed E-state index contributed by atoms with van der Waals surface area (Å²) in [7, 11) is 0. The zero-order valence-electron chi connectivity index (χ0n) is 16.4. The lowest BCUT2D eigenvalue weighted by molar-refractivity contribution is 0.0642. The number of carbonyl (C=O) groups excluding carboxylic acids is 3. The molecular weight excluding hydrogens is 425 g/mol. The van der Waals surface area contributed by atoms with Crippen molar-refractivity contribution in [1.82, 2.24) is 15.1 Å². The van der Waals surface area contributed by atoms with Gasteiger partial charge in [0.1, 0.15) is 0 Å². The van der Waals surface area contributed by atoms with Gasteiger partial charge in [-0.05, 0) is 61.8 Å². The number of likely N-dealkylation sites (tertiary alicyclic amines) is 1. The number of fused-ring (bicyclic) bond motifs is 1. The third-order valence-electron chi connectivity index (χ3n) is 5.37. The summed E-state index contributed by atoms with van der Waals surface area (Å²) >= 11 is 6.00. The molecule has 0 unspecified atom stereocenters. The van der Waals surface area contributed by atoms with Crippen molar-refractivity contribution in [3.8, 4) is 0 Å². The van der Waals surface area contributed by atoms with Crippen molar-refractivity contribution in [2.24, 2.45) is 0 Å². The second-order valence-corrected chi connectivity index (χ2v) is 7.83. The number of rotatable bonds is 6. The summed E-state index contributed by atoms with van der Waals surface area (Å²) in [5.74, 6) is -0.983. The Labute approximate surface area is 186 Å². The summed E-state index contributed by atoms with van der Waals surface area (Å²) in [5.41, 5.74) is 1.75. The average molecular weight is 448 g/mol. The van der Waals surface area contributed by atoms with Crippen molar-refractivity contribution in [3.63, 3.8) is 0 Å². The molecular formula is C22H23Cl2N3O3. The number of halogens is 2. The van der Waals surface area contributed by atoms with Crippen LogP contribution < -0.4 is 5.32 Å². The molecule has 1 fully saturated rings. The van der Waals surface area contributed by atoms with E-state index in [1.54, 1.807) is 30.3 Å². The van der Waals surface area contributed by atoms with Crippen molar-refractivity contribution in [3.05, 3.63) is 69.7 Å². The molecule has 0 aliphatic carbocycles. The van der Waals surface area contributed by atoms with Gasteiger partial charge < -0.3 is 10.2 Å². The predicted octanol–water partition coefficient (Wildman–Crippen LogP) is 3.38. The smallest absolute Gasteiger partial charge is 0.261 e. The quantitative estimate of drug-likeness (QED) is 0.688. The topological polar surface area (TPSA) is 69.7 Å². The molecule has 1 N–H and O–H groups in total. The maximum Gasteiger partial charge on any atom is 0.261 e. The molecule has 2 aromatic carbocycles. The Balaban J connectivity index is 0.00000256. The van der Waals surface area contributed by atoms with Crippen LogP contribution in [0.3, 0.4) is 0 Å². The summed E-state index contributed by atoms with van der Waals surface area (Å²) in [6.07, 6.45) is 2.42. The maximum absolute atomic E-state index is 12.8. The van der Waals surface area contributed by atoms with Crippen molar-refractivity contribution in [1.29, 1.82) is 0 Å². The summed E-state index contributed by atoms with van der Waals surface area (Å²) in [5, 5.41) is 3.44. The van der Waals surface area contributed by atoms with E-state index in [9.17, 15) is 14.4 Å². The van der Waals surface area contributed by atoms with Crippen LogP contribution in [0.1, 0.15) is 49.5 Å². The second-order valence-electron chi connectivity index (χ2n) is 7.39. The first-order chi connectivity index (χ1) is 14.0. The summed E-state index contributed by atoms with van der Waals surface area (Å²) in [6.45, 7) is 3.68. The first kappa shape index (κ1) is 22.3. The number of hydrogen-bond donors (Lipinski definition) is 1. The Morgan fingerprint density at radius 1 is 1.00 bits per heavy atom. The van der Waals surface area contributed by atoms with E-state index in [-0.39, 0.29) is 36.3 Å². The van der Waals surface area contributed by atoms with Gasteiger partial charge in [-0.3, -0.25) is 19.3 Å². The lowest BCUT2D eigenvalue weighted by atomic mass is 10.1. The Kier molecular flexibility index (Phi) is 7.13. The third kappa shape index (κ3) is 4.67. The maximum atomic E-state index is 12.8. The van der Waals surface area contributed by atoms with Crippen molar-refractivity contribution < 1.29 is 14.4 Å². The molecule has 0 saturated carbocycles. The number of hydrogen-bond acceptors (Lipinski definition) is 4. The highest BCUT2D eigenvalue weighted by molar-refractivity contribution is 6.30. The summed E-state index contributed by atoms with van der Waals surface area (Å²) in [6, 6.07) is 11.7. The number of carbonyl (C=O) groups is 3. The van der Waals surface area contributed by atoms with E-state index in [2.05, 4.69) is 10.2 Å². The minimum Gasteiger partial charge on any atom is -0.351 e. The molecule has 4 rings (SSSR count). The normalized spacial score (nSPS) is 15.8. The van der Waals surface area contributed by atoms with E-state index < -0.39 is 5.91 Å². The van der Waals surface area contributed by atoms with E-state index in [1.165, 1.54) is 23.8 Å². The fourth-order valence-electron chi connectivity index (χ4n) is 3.83. The lowest BCUT2D eigenvalue weighted by Gasteiger charge is -2.14. The molecule has 1 saturated heterocycles. The van der Waals surface area contributed by atoms with Gasteiger partial charge in [0.15, 0.2) is 0 Å². The van der Waals surface area contributed by atoms with E-state index in [1.807, 2.05) is 6.07 Å². The number of benzene rings is 2. The lowest BCUT2D eigenvalue weighted by Crippen LogP contribution is -2.33. The molecule has 30 heavy (non-hydrogen) atoms. The fraction of sp³-hybridized carbons (Fsp3) is 0.318. The Morgan fingerprint density at radius 3 is 2.47 bits per heavy atom. The van der Waals surface area contributed by atoms with Gasteiger partial charge in [0, 0.05) is 23.7 Å². The van der Waals surface area contributed by atoms with E-state index in [0.717, 1.165) is 25.2 Å². The molecule has 0 spiro atoms. The van der Waals surface area contributed by atoms with Crippen LogP contribution in [0.15, 0.2) is 42.5 Å². The molecule has 3 amide bonds. The van der Waals surface area contributed by atoms with Gasteiger partial charge in [0.2, 0.25) is 0 Å². The number of imide groups is 1. The van der Waals surface area contributed by atoms with Crippen molar-refractivity contribution in [2.75, 3.05) is 26.2 Å². The van der Waals surface area contributed by atoms with Crippen molar-refractivity contribution >= 4 is 41.7 Å². The first-order valence-corrected chi connectivity index (χ1v) is 10.2. The van der Waals surface area contributed by atoms with Gasteiger partial charge in [-0.25, -0.2) is 0 Å². The van der Waals surface area contributed by atoms with E-state index >= 15 is 0 Å². The highest BCUT2D eigenvalue weighted by atomic mass is 35.5. The highest BCUT2D eigenvalue weighted by Gasteiger charge is 2.36. The van der Waals surface area contributed by atoms with Gasteiger partial charge in [-0.1, -0.05) is 23.7 Å². The SMILES string of the molecule is Cl.O=C(NCCN1CCCC1)c1ccc2c(c1)C(=O)N(Cc1cccc(Cl)c1)C2=O. The first-order valence-electron chi connectivity index (χ1n) is 9.78. The molecule has 2 aromatic rings. The van der Waals surface area contributed by atoms with Gasteiger partial charge in [0.05, 0.1) is 17.7 Å². The Morgan fingerprint density at radius 2 is 1.73 bits per heavy atom. The van der Waals surface area contributed by atoms with Crippen molar-refractivity contribution in [2.45, 2.75) is 19.4 Å². The molecule has 2 aliphatic heterocycles. The zero-order chi connectivity index (χ0) is 20.4. The molecule has 0 atom stereocenters. The van der Waals surface area contributed by atoms with E-state index in [0.29, 0.717) is 22.7 Å². The van der Waals surface area contributed by atoms with Crippen LogP contribution in [0.5, 0.6) is 0 Å². The standard InChI is InChI=1S/C22H22ClN3O3.ClH/c23-17-5-3-4-15(12-17)14-26-21(28)18-7-6-16(13-19(18)22(26)29)20(27)24-8-11-25-9-1-2-10-25;/h3-7,12-13H,1-2,8-11,14H2,(H,24,27);1H. The third-order valence-corrected chi connectivity index (χ3v) is 5.61. The van der Waals surface area contributed by atoms with Gasteiger partial charge in [-0.2, -0.15) is 0 Å². The van der Waals surface area contributed by atoms with Crippen LogP contribution in [-0.4, -0.2) is 53.7 Å². The van der Waals surface area contributed by atoms with Crippen LogP contribution in [0.2, 0.25) is 5.02 Å². The van der Waals surface area contributed by atoms with Gasteiger partial charge in [-0.15, -0.1) is 12.4 Å². The minimum atomic E-state index is -0.392. The summed E-state index contributed by atoms with van der Waals surface area (Å²) in [4.78, 5) is 41.4. The van der Waals surface area contributed by atoms with E-state index in [4.69, 9.17) is 11.6 Å². The molecule has 0 aromatic heterocycles. The van der Waals surface area contributed by atoms with Crippen LogP contribution in [-0.2, 0) is 6.54 Å². The summed E-state index contributed by atoms with van der Waals surface area (Å²) < 4.78 is 0. The largest absolute Gasteiger partial charge is 0.351 e. The predicted molar refractivity (Wildman–Crippen MR) is 117 cm³/mol. The minimum absolute atomic E-state index is 0. The van der Waals surface area contributed by atoms with Gasteiger partial charge in [0.25, 0.3) is 17.7 Å². The number of amides is 3. The average Bonchev–Trinajstić information content (AvgIpc) is 3.31. The Bertz CT molecular complexity index is 974. The Hall–Kier alpha value is -2.41. The molecule has 0 bridgehead atoms. The van der Waals surface area contributed by atoms with Gasteiger partial charge >= 0.3 is 0 Å². The highest BCUT2D eigenvalue weighted by Crippen LogP contribution is 2.26. The number of nitrogens with zero attached hydrogens (tertiary/aromatic N) is 2. The number of nitrogens with one attached hydrogen (secondary N) is 1. The van der Waals surface area contributed by atoms with Crippen LogP contribution in [0, 0.1) is 0 Å². The van der Waals surface area contributed by atoms with Crippen LogP contribution in [0.4, 0.5) is 0 Å². The molecule has 2 heterocycles. The molecule has 8 heteroatoms. The van der Waals surface area contributed by atoms with Crippen LogP contribution in [0.25, 0.3) is 0 Å². The van der Waals surface area contributed by atoms with Crippen LogP contribution >= 0.6 is 24.0 Å². The molecule has 6 nitrogen and oxygen atoms in total. The second kappa shape index (κ2) is 9.60. The fourth-order valence-corrected chi connectivity index (χ4v) is 4.04. The zero-order valence-corrected chi connectivity index (χ0v) is 18.0. The molecule has 2 aliphatic rings. The molecule has 158 valence electrons. The molecule has 0 radical (unpaired) electrons. The monoisotopic (exact) mass is 447 g/mol.